The van der Waals surface area contributed by atoms with E-state index in [0.717, 1.165) is 108 Å². The fourth-order valence-electron chi connectivity index (χ4n) is 14.1. The van der Waals surface area contributed by atoms with E-state index in [9.17, 15) is 15.3 Å². The van der Waals surface area contributed by atoms with Gasteiger partial charge < -0.3 is 48.5 Å². The minimum atomic E-state index is -0.0622. The van der Waals surface area contributed by atoms with Gasteiger partial charge in [-0.2, -0.15) is 0 Å². The lowest BCUT2D eigenvalue weighted by atomic mass is 9.72. The molecular weight excluding hydrogens is 1240 g/mol. The Kier molecular flexibility index (Phi) is 40.2. The van der Waals surface area contributed by atoms with Crippen molar-refractivity contribution in [3.05, 3.63) is 141 Å². The van der Waals surface area contributed by atoms with Gasteiger partial charge in [-0.1, -0.05) is 222 Å². The first-order valence-corrected chi connectivity index (χ1v) is 38.4. The van der Waals surface area contributed by atoms with Gasteiger partial charge in [0.25, 0.3) is 0 Å². The lowest BCUT2D eigenvalue weighted by molar-refractivity contribution is 0.0164. The Morgan fingerprint density at radius 1 is 0.408 bits per heavy atom. The summed E-state index contributed by atoms with van der Waals surface area (Å²) in [6.45, 7) is 56.9. The number of benzene rings is 3. The summed E-state index contributed by atoms with van der Waals surface area (Å²) < 4.78 is 40.1. The molecule has 0 saturated heterocycles. The molecule has 0 heterocycles. The molecule has 0 aromatic heterocycles. The molecule has 3 aromatic carbocycles. The molecule has 3 N–H and O–H groups in total. The van der Waals surface area contributed by atoms with Gasteiger partial charge in [0.1, 0.15) is 40.6 Å². The van der Waals surface area contributed by atoms with E-state index in [2.05, 4.69) is 158 Å². The molecule has 0 spiro atoms. The van der Waals surface area contributed by atoms with Crippen molar-refractivity contribution in [3.63, 3.8) is 0 Å². The molecule has 3 aromatic rings. The van der Waals surface area contributed by atoms with Crippen molar-refractivity contribution in [1.29, 1.82) is 0 Å². The lowest BCUT2D eigenvalue weighted by Crippen LogP contribution is -2.22. The molecule has 6 rings (SSSR count). The van der Waals surface area contributed by atoms with Gasteiger partial charge in [0.05, 0.1) is 0 Å². The van der Waals surface area contributed by atoms with Gasteiger partial charge in [0.15, 0.2) is 20.4 Å². The standard InChI is InChI=1S/C31H50O4.C28H44O3.C25H38O2.C3H7ClO/c1-9-12-13-14-17-31(7,8)25-19-28(34-21-32-10-2)30(29(20-25)35-22-33-11-3)27-18-24(6)15-16-26(27)23(4)5;1-8-10-11-12-15-28(6,7)22-17-25(29)27(26(18-22)31-19-30-9-2)24-16-21(5)13-14-23(24)20(3)4;1-7-8-9-10-13-25(5,6)19-15-22(26)24(23(27)16-19)21-14-18(4)11-12-20(21)17(2)3;1-2-5-3-4/h18-20,26-27H,4,9-17,21-22H2,1-3,5-8H3;16-18,23-24,29H,3,8-15,19H2,1-2,4-7H3;14-16,20-21,26-27H,2,7-13H2,1,3-6H3;2-3H2,1H3/t26-,27+;23?,24-;20-,21+;/m010./s1. The van der Waals surface area contributed by atoms with E-state index in [4.69, 9.17) is 40.0 Å². The third-order valence-corrected chi connectivity index (χ3v) is 20.8. The number of rotatable bonds is 38. The highest BCUT2D eigenvalue weighted by atomic mass is 35.5. The number of hydrogen-bond acceptors (Lipinski definition) is 10. The Morgan fingerprint density at radius 2 is 0.684 bits per heavy atom. The summed E-state index contributed by atoms with van der Waals surface area (Å²) in [6.07, 6.45) is 31.4. The molecule has 554 valence electrons. The number of ether oxygens (including phenoxy) is 7. The van der Waals surface area contributed by atoms with Gasteiger partial charge in [0.2, 0.25) is 0 Å². The number of phenolic OH excluding ortho intramolecular Hbond substituents is 3. The van der Waals surface area contributed by atoms with Crippen LogP contribution in [0.2, 0.25) is 0 Å². The van der Waals surface area contributed by atoms with Crippen LogP contribution in [0.1, 0.15) is 318 Å². The summed E-state index contributed by atoms with van der Waals surface area (Å²) in [5, 5.41) is 33.0. The van der Waals surface area contributed by atoms with Gasteiger partial charge in [-0.25, -0.2) is 0 Å². The fourth-order valence-corrected chi connectivity index (χ4v) is 14.3. The zero-order valence-corrected chi connectivity index (χ0v) is 66.1. The summed E-state index contributed by atoms with van der Waals surface area (Å²) in [6, 6.07) is 12.6. The molecule has 0 amide bonds. The first-order chi connectivity index (χ1) is 46.5. The highest BCUT2D eigenvalue weighted by molar-refractivity contribution is 6.17. The van der Waals surface area contributed by atoms with Crippen LogP contribution >= 0.6 is 11.6 Å². The van der Waals surface area contributed by atoms with Crippen molar-refractivity contribution in [2.24, 2.45) is 17.8 Å². The molecule has 11 heteroatoms. The number of hydrogen-bond donors (Lipinski definition) is 3. The lowest BCUT2D eigenvalue weighted by Gasteiger charge is -2.34. The van der Waals surface area contributed by atoms with E-state index in [1.165, 1.54) is 105 Å². The molecule has 3 aliphatic carbocycles. The molecule has 98 heavy (non-hydrogen) atoms. The molecular formula is C87H139ClO10. The average Bonchev–Trinajstić information content (AvgIpc) is 0.787. The van der Waals surface area contributed by atoms with E-state index in [-0.39, 0.29) is 71.8 Å². The SMILES string of the molecule is C=C(C)C1CCC(C)=C[C@H]1c1c(O)cc(C(C)(C)CCCCCC)cc1OCOCC.C=C(C)[C@@H]1CCC(C)=C[C@H]1c1c(O)cc(C(C)(C)CCCCCC)cc1O.C=C(C)[C@@H]1CCC(C)=C[C@H]1c1c(OCOCC)cc(C(C)(C)CCCCCC)cc1OCOCC.CCOCCl. The second kappa shape index (κ2) is 45.1. The molecule has 0 bridgehead atoms. The summed E-state index contributed by atoms with van der Waals surface area (Å²) in [7, 11) is 0. The highest BCUT2D eigenvalue weighted by Gasteiger charge is 2.36. The number of unbranched alkanes of at least 4 members (excludes halogenated alkanes) is 9. The van der Waals surface area contributed by atoms with Crippen LogP contribution in [-0.2, 0) is 35.2 Å². The Balaban J connectivity index is 0.000000372. The van der Waals surface area contributed by atoms with E-state index in [1.54, 1.807) is 0 Å². The van der Waals surface area contributed by atoms with E-state index < -0.39 is 0 Å². The van der Waals surface area contributed by atoms with Crippen LogP contribution in [0.25, 0.3) is 0 Å². The molecule has 3 aliphatic rings. The van der Waals surface area contributed by atoms with Gasteiger partial charge in [-0.3, -0.25) is 0 Å². The van der Waals surface area contributed by atoms with Gasteiger partial charge >= 0.3 is 0 Å². The van der Waals surface area contributed by atoms with Crippen molar-refractivity contribution in [2.45, 2.75) is 300 Å². The maximum absolute atomic E-state index is 11.3. The van der Waals surface area contributed by atoms with Crippen LogP contribution in [-0.4, -0.2) is 68.2 Å². The van der Waals surface area contributed by atoms with Gasteiger partial charge in [-0.05, 0) is 214 Å². The maximum Gasteiger partial charge on any atom is 0.189 e. The van der Waals surface area contributed by atoms with Crippen molar-refractivity contribution < 1.29 is 48.5 Å². The number of phenols is 3. The van der Waals surface area contributed by atoms with Gasteiger partial charge in [-0.15, -0.1) is 0 Å². The predicted molar refractivity (Wildman–Crippen MR) is 415 cm³/mol. The average molecular weight is 1380 g/mol. The van der Waals surface area contributed by atoms with Gasteiger partial charge in [0, 0.05) is 60.9 Å². The largest absolute Gasteiger partial charge is 0.507 e. The first kappa shape index (κ1) is 87.2. The Bertz CT molecular complexity index is 2900. The Labute approximate surface area is 603 Å². The third kappa shape index (κ3) is 28.1. The normalized spacial score (nSPS) is 18.7. The number of allylic oxidation sites excluding steroid dienone is 9. The van der Waals surface area contributed by atoms with Crippen molar-refractivity contribution in [2.75, 3.05) is 52.9 Å². The summed E-state index contributed by atoms with van der Waals surface area (Å²) in [4.78, 5) is 0. The van der Waals surface area contributed by atoms with Crippen molar-refractivity contribution >= 4 is 11.6 Å². The summed E-state index contributed by atoms with van der Waals surface area (Å²) in [5.74, 6) is 4.34. The summed E-state index contributed by atoms with van der Waals surface area (Å²) in [5.41, 5.74) is 13.5. The third-order valence-electron chi connectivity index (χ3n) is 20.6. The molecule has 0 fully saturated rings. The van der Waals surface area contributed by atoms with Crippen LogP contribution in [0.3, 0.4) is 0 Å². The second-order valence-electron chi connectivity index (χ2n) is 30.3. The Hall–Kier alpha value is -4.97. The smallest absolute Gasteiger partial charge is 0.189 e. The monoisotopic (exact) mass is 1380 g/mol. The topological polar surface area (TPSA) is 125 Å². The fraction of sp³-hybridized carbons (Fsp3) is 0.655. The zero-order chi connectivity index (χ0) is 73.2. The number of aromatic hydroxyl groups is 3. The van der Waals surface area contributed by atoms with Crippen LogP contribution in [0.4, 0.5) is 0 Å². The van der Waals surface area contributed by atoms with Crippen LogP contribution < -0.4 is 14.2 Å². The van der Waals surface area contributed by atoms with Crippen molar-refractivity contribution in [3.8, 4) is 34.5 Å². The highest BCUT2D eigenvalue weighted by Crippen LogP contribution is 2.52. The van der Waals surface area contributed by atoms with Crippen LogP contribution in [0.5, 0.6) is 34.5 Å². The molecule has 6 atom stereocenters. The minimum Gasteiger partial charge on any atom is -0.507 e. The zero-order valence-electron chi connectivity index (χ0n) is 65.4. The number of halogens is 1. The van der Waals surface area contributed by atoms with Crippen molar-refractivity contribution in [1.82, 2.24) is 0 Å². The summed E-state index contributed by atoms with van der Waals surface area (Å²) >= 11 is 5.08. The molecule has 0 aliphatic heterocycles. The first-order valence-electron chi connectivity index (χ1n) is 37.9. The van der Waals surface area contributed by atoms with E-state index >= 15 is 0 Å². The van der Waals surface area contributed by atoms with Crippen LogP contribution in [0.15, 0.2) is 108 Å². The molecule has 10 nitrogen and oxygen atoms in total. The van der Waals surface area contributed by atoms with Crippen LogP contribution in [0, 0.1) is 17.8 Å². The predicted octanol–water partition coefficient (Wildman–Crippen LogP) is 25.3. The molecule has 0 radical (unpaired) electrons. The molecule has 1 unspecified atom stereocenters. The Morgan fingerprint density at radius 3 is 0.969 bits per heavy atom. The van der Waals surface area contributed by atoms with E-state index in [1.807, 2.05) is 52.8 Å². The minimum absolute atomic E-state index is 0.00188. The van der Waals surface area contributed by atoms with E-state index in [0.29, 0.717) is 55.6 Å². The quantitative estimate of drug-likeness (QED) is 0.0221. The maximum atomic E-state index is 11.3. The molecule has 0 saturated carbocycles. The number of alkyl halides is 1. The second-order valence-corrected chi connectivity index (χ2v) is 30.5.